The van der Waals surface area contributed by atoms with E-state index in [4.69, 9.17) is 9.47 Å². The van der Waals surface area contributed by atoms with Crippen LogP contribution in [0.25, 0.3) is 0 Å². The van der Waals surface area contributed by atoms with E-state index in [1.54, 1.807) is 0 Å². The molecular formula is C23H20O10. The van der Waals surface area contributed by atoms with E-state index in [1.165, 1.54) is 24.3 Å². The molecular weight excluding hydrogens is 436 g/mol. The van der Waals surface area contributed by atoms with E-state index in [1.807, 2.05) is 0 Å². The average molecular weight is 456 g/mol. The van der Waals surface area contributed by atoms with Crippen molar-refractivity contribution in [3.63, 3.8) is 0 Å². The van der Waals surface area contributed by atoms with Crippen molar-refractivity contribution in [3.8, 4) is 28.7 Å². The minimum Gasteiger partial charge on any atom is -0.508 e. The van der Waals surface area contributed by atoms with Gasteiger partial charge >= 0.3 is 5.97 Å². The van der Waals surface area contributed by atoms with Crippen LogP contribution in [0, 0.1) is 5.92 Å². The molecule has 2 aromatic carbocycles. The second-order valence-corrected chi connectivity index (χ2v) is 8.07. The maximum atomic E-state index is 12.9. The van der Waals surface area contributed by atoms with Crippen LogP contribution in [0.5, 0.6) is 28.7 Å². The molecule has 0 saturated heterocycles. The summed E-state index contributed by atoms with van der Waals surface area (Å²) in [5, 5.41) is 39.5. The van der Waals surface area contributed by atoms with Crippen LogP contribution in [-0.2, 0) is 30.3 Å². The topological polar surface area (TPSA) is 168 Å². The van der Waals surface area contributed by atoms with E-state index in [2.05, 4.69) is 0 Å². The van der Waals surface area contributed by atoms with E-state index in [9.17, 15) is 39.6 Å². The van der Waals surface area contributed by atoms with Gasteiger partial charge in [0.15, 0.2) is 23.4 Å². The highest BCUT2D eigenvalue weighted by Crippen LogP contribution is 2.44. The molecule has 2 aliphatic rings. The lowest BCUT2D eigenvalue weighted by Gasteiger charge is -2.34. The van der Waals surface area contributed by atoms with Gasteiger partial charge in [-0.25, -0.2) is 0 Å². The number of phenolic OH excluding ortho intramolecular Hbond substituents is 4. The normalized spacial score (nSPS) is 22.8. The number of esters is 1. The number of phenols is 4. The molecule has 172 valence electrons. The zero-order chi connectivity index (χ0) is 23.9. The minimum atomic E-state index is -1.14. The second-order valence-electron chi connectivity index (χ2n) is 8.07. The predicted octanol–water partition coefficient (Wildman–Crippen LogP) is 1.60. The number of Topliss-reactive ketones (excluding diaryl/α,β-unsaturated/α-hetero) is 3. The first-order valence-electron chi connectivity index (χ1n) is 10.1. The quantitative estimate of drug-likeness (QED) is 0.175. The van der Waals surface area contributed by atoms with E-state index in [0.717, 1.165) is 6.07 Å². The molecule has 1 aliphatic heterocycles. The molecule has 3 unspecified atom stereocenters. The van der Waals surface area contributed by atoms with Gasteiger partial charge in [0.25, 0.3) is 0 Å². The maximum absolute atomic E-state index is 12.9. The Bertz CT molecular complexity index is 1170. The van der Waals surface area contributed by atoms with Crippen molar-refractivity contribution in [1.29, 1.82) is 0 Å². The van der Waals surface area contributed by atoms with Gasteiger partial charge in [0.05, 0.1) is 12.3 Å². The van der Waals surface area contributed by atoms with Crippen LogP contribution in [0.15, 0.2) is 30.3 Å². The van der Waals surface area contributed by atoms with E-state index in [-0.39, 0.29) is 41.4 Å². The van der Waals surface area contributed by atoms with E-state index in [0.29, 0.717) is 5.56 Å². The van der Waals surface area contributed by atoms with Gasteiger partial charge in [-0.1, -0.05) is 6.07 Å². The van der Waals surface area contributed by atoms with Crippen molar-refractivity contribution in [2.75, 3.05) is 0 Å². The molecule has 1 fully saturated rings. The summed E-state index contributed by atoms with van der Waals surface area (Å²) in [7, 11) is 0. The molecule has 0 aromatic heterocycles. The molecule has 10 nitrogen and oxygen atoms in total. The number of fused-ring (bicyclic) bond motifs is 1. The Hall–Kier alpha value is -4.08. The third kappa shape index (κ3) is 4.45. The molecule has 0 bridgehead atoms. The Morgan fingerprint density at radius 1 is 0.879 bits per heavy atom. The largest absolute Gasteiger partial charge is 0.508 e. The van der Waals surface area contributed by atoms with E-state index >= 15 is 0 Å². The summed E-state index contributed by atoms with van der Waals surface area (Å²) < 4.78 is 11.5. The lowest BCUT2D eigenvalue weighted by Crippen LogP contribution is -2.37. The summed E-state index contributed by atoms with van der Waals surface area (Å²) in [5.74, 6) is -5.45. The van der Waals surface area contributed by atoms with Gasteiger partial charge in [-0.2, -0.15) is 0 Å². The van der Waals surface area contributed by atoms with Gasteiger partial charge in [-0.3, -0.25) is 19.2 Å². The lowest BCUT2D eigenvalue weighted by molar-refractivity contribution is -0.162. The monoisotopic (exact) mass is 456 g/mol. The number of ether oxygens (including phenoxy) is 2. The summed E-state index contributed by atoms with van der Waals surface area (Å²) in [6, 6.07) is 6.24. The van der Waals surface area contributed by atoms with Crippen LogP contribution < -0.4 is 4.74 Å². The fourth-order valence-electron chi connectivity index (χ4n) is 4.00. The molecule has 1 aliphatic carbocycles. The average Bonchev–Trinajstić information content (AvgIpc) is 2.87. The molecule has 1 saturated carbocycles. The van der Waals surface area contributed by atoms with Crippen molar-refractivity contribution in [1.82, 2.24) is 0 Å². The van der Waals surface area contributed by atoms with Crippen LogP contribution in [0.1, 0.15) is 36.5 Å². The molecule has 10 heteroatoms. The smallest absolute Gasteiger partial charge is 0.310 e. The van der Waals surface area contributed by atoms with Crippen LogP contribution in [0.3, 0.4) is 0 Å². The van der Waals surface area contributed by atoms with Crippen molar-refractivity contribution >= 4 is 23.3 Å². The zero-order valence-electron chi connectivity index (χ0n) is 17.2. The SMILES string of the molecule is O=C1CC(=O)C(=O)CC(C(=O)OC2Cc3c(O)cc(O)cc3OC2c2ccc(O)c(O)c2)C1. The van der Waals surface area contributed by atoms with Crippen molar-refractivity contribution in [2.45, 2.75) is 37.9 Å². The molecule has 0 radical (unpaired) electrons. The molecule has 0 amide bonds. The summed E-state index contributed by atoms with van der Waals surface area (Å²) in [6.07, 6.45) is -3.44. The summed E-state index contributed by atoms with van der Waals surface area (Å²) in [6.45, 7) is 0. The van der Waals surface area contributed by atoms with Gasteiger partial charge in [-0.05, 0) is 12.1 Å². The first-order valence-corrected chi connectivity index (χ1v) is 10.1. The van der Waals surface area contributed by atoms with Crippen LogP contribution >= 0.6 is 0 Å². The predicted molar refractivity (Wildman–Crippen MR) is 109 cm³/mol. The summed E-state index contributed by atoms with van der Waals surface area (Å²) in [4.78, 5) is 48.4. The highest BCUT2D eigenvalue weighted by Gasteiger charge is 2.40. The Balaban J connectivity index is 1.66. The first-order chi connectivity index (χ1) is 15.6. The fourth-order valence-corrected chi connectivity index (χ4v) is 4.00. The summed E-state index contributed by atoms with van der Waals surface area (Å²) >= 11 is 0. The van der Waals surface area contributed by atoms with Gasteiger partial charge in [-0.15, -0.1) is 0 Å². The highest BCUT2D eigenvalue weighted by molar-refractivity contribution is 6.41. The molecule has 1 heterocycles. The molecule has 4 rings (SSSR count). The second kappa shape index (κ2) is 8.45. The third-order valence-corrected chi connectivity index (χ3v) is 5.67. The molecule has 0 spiro atoms. The number of hydrogen-bond donors (Lipinski definition) is 4. The highest BCUT2D eigenvalue weighted by atomic mass is 16.6. The van der Waals surface area contributed by atoms with Crippen molar-refractivity contribution in [3.05, 3.63) is 41.5 Å². The number of carbonyl (C=O) groups is 4. The summed E-state index contributed by atoms with van der Waals surface area (Å²) in [5.41, 5.74) is 0.577. The molecule has 33 heavy (non-hydrogen) atoms. The Labute approximate surface area is 187 Å². The third-order valence-electron chi connectivity index (χ3n) is 5.67. The van der Waals surface area contributed by atoms with Gasteiger partial charge in [0.1, 0.15) is 29.1 Å². The van der Waals surface area contributed by atoms with E-state index < -0.39 is 60.0 Å². The zero-order valence-corrected chi connectivity index (χ0v) is 17.2. The molecule has 4 N–H and O–H groups in total. The Kier molecular flexibility index (Phi) is 5.67. The number of aromatic hydroxyl groups is 4. The Morgan fingerprint density at radius 3 is 2.36 bits per heavy atom. The lowest BCUT2D eigenvalue weighted by atomic mass is 9.93. The van der Waals surface area contributed by atoms with Gasteiger partial charge in [0, 0.05) is 42.5 Å². The van der Waals surface area contributed by atoms with Crippen molar-refractivity contribution in [2.24, 2.45) is 5.92 Å². The molecule has 3 atom stereocenters. The molecule has 2 aromatic rings. The first kappa shape index (κ1) is 22.1. The number of ketones is 3. The van der Waals surface area contributed by atoms with Crippen LogP contribution in [0.2, 0.25) is 0 Å². The van der Waals surface area contributed by atoms with Gasteiger partial charge in [0.2, 0.25) is 5.78 Å². The minimum absolute atomic E-state index is 0.0486. The standard InChI is InChI=1S/C23H20O10/c24-12-3-11(5-18(29)19(30)7-12)23(31)33-21-9-14-16(27)6-13(25)8-20(14)32-22(21)10-1-2-15(26)17(28)4-10/h1-2,4,6,8,11,21-22,25-28H,3,5,7,9H2. The van der Waals surface area contributed by atoms with Crippen LogP contribution in [0.4, 0.5) is 0 Å². The number of hydrogen-bond acceptors (Lipinski definition) is 10. The number of rotatable bonds is 3. The number of carbonyl (C=O) groups excluding carboxylic acids is 4. The fraction of sp³-hybridized carbons (Fsp3) is 0.304. The Morgan fingerprint density at radius 2 is 1.64 bits per heavy atom. The maximum Gasteiger partial charge on any atom is 0.310 e. The van der Waals surface area contributed by atoms with Crippen LogP contribution in [-0.4, -0.2) is 49.8 Å². The number of benzene rings is 2. The van der Waals surface area contributed by atoms with Gasteiger partial charge < -0.3 is 29.9 Å². The van der Waals surface area contributed by atoms with Crippen molar-refractivity contribution < 1.29 is 49.1 Å².